The van der Waals surface area contributed by atoms with E-state index in [9.17, 15) is 5.11 Å². The molecule has 1 aliphatic rings. The highest BCUT2D eigenvalue weighted by Crippen LogP contribution is 2.24. The van der Waals surface area contributed by atoms with E-state index in [-0.39, 0.29) is 6.10 Å². The molecule has 1 heterocycles. The van der Waals surface area contributed by atoms with Crippen LogP contribution in [0.5, 0.6) is 0 Å². The zero-order chi connectivity index (χ0) is 10.6. The van der Waals surface area contributed by atoms with Gasteiger partial charge in [-0.05, 0) is 32.2 Å². The molecule has 3 N–H and O–H groups in total. The minimum atomic E-state index is -0.234. The summed E-state index contributed by atoms with van der Waals surface area (Å²) in [5, 5.41) is 9.36. The van der Waals surface area contributed by atoms with Crippen LogP contribution in [0.1, 0.15) is 33.1 Å². The van der Waals surface area contributed by atoms with Crippen molar-refractivity contribution >= 4 is 0 Å². The minimum Gasteiger partial charge on any atom is -0.392 e. The number of nitrogens with two attached hydrogens (primary N) is 1. The maximum absolute atomic E-state index is 9.36. The maximum atomic E-state index is 9.36. The van der Waals surface area contributed by atoms with Crippen LogP contribution < -0.4 is 5.73 Å². The number of rotatable bonds is 4. The Balaban J connectivity index is 2.43. The lowest BCUT2D eigenvalue weighted by molar-refractivity contribution is 0.0609. The van der Waals surface area contributed by atoms with Crippen LogP contribution in [0.15, 0.2) is 0 Å². The zero-order valence-electron chi connectivity index (χ0n) is 9.45. The number of aliphatic hydroxyl groups is 1. The quantitative estimate of drug-likeness (QED) is 0.706. The molecule has 0 aliphatic carbocycles. The van der Waals surface area contributed by atoms with Crippen LogP contribution in [0.25, 0.3) is 0 Å². The Morgan fingerprint density at radius 3 is 2.79 bits per heavy atom. The molecule has 0 aromatic heterocycles. The Labute approximate surface area is 87.3 Å². The fourth-order valence-electron chi connectivity index (χ4n) is 2.38. The predicted molar refractivity (Wildman–Crippen MR) is 59.1 cm³/mol. The molecule has 0 spiro atoms. The summed E-state index contributed by atoms with van der Waals surface area (Å²) in [6.07, 6.45) is 3.50. The minimum absolute atomic E-state index is 0.234. The third-order valence-corrected chi connectivity index (χ3v) is 3.29. The van der Waals surface area contributed by atoms with Crippen LogP contribution in [-0.4, -0.2) is 41.8 Å². The molecule has 3 nitrogen and oxygen atoms in total. The van der Waals surface area contributed by atoms with Gasteiger partial charge in [0.05, 0.1) is 6.10 Å². The van der Waals surface area contributed by atoms with Crippen molar-refractivity contribution in [2.45, 2.75) is 45.3 Å². The number of piperidine rings is 1. The Hall–Kier alpha value is -0.120. The first-order valence-corrected chi connectivity index (χ1v) is 5.79. The highest BCUT2D eigenvalue weighted by molar-refractivity contribution is 4.82. The van der Waals surface area contributed by atoms with Crippen molar-refractivity contribution in [2.75, 3.05) is 19.6 Å². The Morgan fingerprint density at radius 2 is 2.29 bits per heavy atom. The summed E-state index contributed by atoms with van der Waals surface area (Å²) in [7, 11) is 0. The number of hydrogen-bond acceptors (Lipinski definition) is 3. The molecule has 0 bridgehead atoms. The molecule has 1 fully saturated rings. The second-order valence-electron chi connectivity index (χ2n) is 4.53. The van der Waals surface area contributed by atoms with Gasteiger partial charge in [-0.3, -0.25) is 4.90 Å². The van der Waals surface area contributed by atoms with Gasteiger partial charge < -0.3 is 10.8 Å². The standard InChI is InChI=1S/C11H24N2O/c1-3-10-4-5-13(8-9(2)14)11(6-10)7-12/h9-11,14H,3-8,12H2,1-2H3/t9-,10?,11?/m1/s1. The van der Waals surface area contributed by atoms with Crippen molar-refractivity contribution in [1.82, 2.24) is 4.90 Å². The molecule has 0 aromatic carbocycles. The summed E-state index contributed by atoms with van der Waals surface area (Å²) in [4.78, 5) is 2.34. The molecule has 1 rings (SSSR count). The van der Waals surface area contributed by atoms with E-state index in [4.69, 9.17) is 5.73 Å². The van der Waals surface area contributed by atoms with E-state index < -0.39 is 0 Å². The SMILES string of the molecule is CCC1CCN(C[C@@H](C)O)C(CN)C1. The summed E-state index contributed by atoms with van der Waals surface area (Å²) in [6.45, 7) is 6.70. The highest BCUT2D eigenvalue weighted by Gasteiger charge is 2.26. The Morgan fingerprint density at radius 1 is 1.57 bits per heavy atom. The number of nitrogens with zero attached hydrogens (tertiary/aromatic N) is 1. The van der Waals surface area contributed by atoms with Crippen molar-refractivity contribution in [1.29, 1.82) is 0 Å². The average Bonchev–Trinajstić information content (AvgIpc) is 2.17. The summed E-state index contributed by atoms with van der Waals surface area (Å²) < 4.78 is 0. The van der Waals surface area contributed by atoms with Crippen molar-refractivity contribution in [2.24, 2.45) is 11.7 Å². The summed E-state index contributed by atoms with van der Waals surface area (Å²) in [6, 6.07) is 0.489. The van der Waals surface area contributed by atoms with Crippen molar-refractivity contribution < 1.29 is 5.11 Å². The first-order valence-electron chi connectivity index (χ1n) is 5.79. The van der Waals surface area contributed by atoms with Gasteiger partial charge in [0, 0.05) is 19.1 Å². The molecule has 3 atom stereocenters. The van der Waals surface area contributed by atoms with Crippen LogP contribution in [0.3, 0.4) is 0 Å². The summed E-state index contributed by atoms with van der Waals surface area (Å²) >= 11 is 0. The Bertz CT molecular complexity index is 161. The second kappa shape index (κ2) is 5.69. The van der Waals surface area contributed by atoms with E-state index in [0.29, 0.717) is 6.04 Å². The molecule has 1 saturated heterocycles. The average molecular weight is 200 g/mol. The molecule has 0 saturated carbocycles. The van der Waals surface area contributed by atoms with Crippen molar-refractivity contribution in [3.05, 3.63) is 0 Å². The van der Waals surface area contributed by atoms with Crippen LogP contribution >= 0.6 is 0 Å². The molecule has 0 aromatic rings. The van der Waals surface area contributed by atoms with Gasteiger partial charge in [0.2, 0.25) is 0 Å². The lowest BCUT2D eigenvalue weighted by atomic mass is 9.89. The molecular weight excluding hydrogens is 176 g/mol. The van der Waals surface area contributed by atoms with Crippen molar-refractivity contribution in [3.63, 3.8) is 0 Å². The van der Waals surface area contributed by atoms with Crippen LogP contribution in [-0.2, 0) is 0 Å². The van der Waals surface area contributed by atoms with E-state index >= 15 is 0 Å². The van der Waals surface area contributed by atoms with Gasteiger partial charge >= 0.3 is 0 Å². The molecule has 2 unspecified atom stereocenters. The number of hydrogen-bond donors (Lipinski definition) is 2. The van der Waals surface area contributed by atoms with E-state index in [0.717, 1.165) is 25.6 Å². The number of aliphatic hydroxyl groups excluding tert-OH is 1. The van der Waals surface area contributed by atoms with E-state index in [1.54, 1.807) is 0 Å². The third-order valence-electron chi connectivity index (χ3n) is 3.29. The molecule has 84 valence electrons. The molecule has 3 heteroatoms. The third kappa shape index (κ3) is 3.23. The number of β-amino-alcohol motifs (C(OH)–C–C–N with tert-alkyl or cyclic N) is 1. The lowest BCUT2D eigenvalue weighted by Gasteiger charge is -2.39. The van der Waals surface area contributed by atoms with Gasteiger partial charge in [-0.2, -0.15) is 0 Å². The van der Waals surface area contributed by atoms with Gasteiger partial charge in [0.15, 0.2) is 0 Å². The fraction of sp³-hybridized carbons (Fsp3) is 1.00. The van der Waals surface area contributed by atoms with Gasteiger partial charge in [-0.25, -0.2) is 0 Å². The normalized spacial score (nSPS) is 31.7. The van der Waals surface area contributed by atoms with Crippen LogP contribution in [0.2, 0.25) is 0 Å². The van der Waals surface area contributed by atoms with E-state index in [2.05, 4.69) is 11.8 Å². The van der Waals surface area contributed by atoms with Gasteiger partial charge in [-0.15, -0.1) is 0 Å². The van der Waals surface area contributed by atoms with Gasteiger partial charge in [-0.1, -0.05) is 13.3 Å². The summed E-state index contributed by atoms with van der Waals surface area (Å²) in [5.74, 6) is 0.841. The summed E-state index contributed by atoms with van der Waals surface area (Å²) in [5.41, 5.74) is 5.76. The smallest absolute Gasteiger partial charge is 0.0639 e. The number of likely N-dealkylation sites (tertiary alicyclic amines) is 1. The van der Waals surface area contributed by atoms with Crippen molar-refractivity contribution in [3.8, 4) is 0 Å². The monoisotopic (exact) mass is 200 g/mol. The molecule has 1 aliphatic heterocycles. The largest absolute Gasteiger partial charge is 0.392 e. The first kappa shape index (κ1) is 12.0. The topological polar surface area (TPSA) is 49.5 Å². The maximum Gasteiger partial charge on any atom is 0.0639 e. The molecule has 0 radical (unpaired) electrons. The fourth-order valence-corrected chi connectivity index (χ4v) is 2.38. The van der Waals surface area contributed by atoms with Gasteiger partial charge in [0.1, 0.15) is 0 Å². The van der Waals surface area contributed by atoms with Crippen LogP contribution in [0.4, 0.5) is 0 Å². The van der Waals surface area contributed by atoms with E-state index in [1.807, 2.05) is 6.92 Å². The first-order chi connectivity index (χ1) is 6.67. The molecular formula is C11H24N2O. The molecule has 0 amide bonds. The highest BCUT2D eigenvalue weighted by atomic mass is 16.3. The van der Waals surface area contributed by atoms with E-state index in [1.165, 1.54) is 19.3 Å². The second-order valence-corrected chi connectivity index (χ2v) is 4.53. The lowest BCUT2D eigenvalue weighted by Crippen LogP contribution is -2.48. The zero-order valence-corrected chi connectivity index (χ0v) is 9.45. The predicted octanol–water partition coefficient (Wildman–Crippen LogP) is 0.817. The molecule has 14 heavy (non-hydrogen) atoms. The Kier molecular flexibility index (Phi) is 4.85. The van der Waals surface area contributed by atoms with Crippen LogP contribution in [0, 0.1) is 5.92 Å². The van der Waals surface area contributed by atoms with Gasteiger partial charge in [0.25, 0.3) is 0 Å².